The minimum atomic E-state index is -0.523. The Labute approximate surface area is 147 Å². The zero-order valence-electron chi connectivity index (χ0n) is 14.6. The van der Waals surface area contributed by atoms with Gasteiger partial charge in [-0.1, -0.05) is 29.4 Å². The summed E-state index contributed by atoms with van der Waals surface area (Å²) < 4.78 is 1.88. The predicted octanol–water partition coefficient (Wildman–Crippen LogP) is 2.29. The van der Waals surface area contributed by atoms with Gasteiger partial charge in [0.2, 0.25) is 6.10 Å². The van der Waals surface area contributed by atoms with E-state index in [1.807, 2.05) is 35.7 Å². The van der Waals surface area contributed by atoms with E-state index in [1.54, 1.807) is 0 Å². The number of carbonyl (C=O) groups is 1. The Morgan fingerprint density at radius 2 is 2.12 bits per heavy atom. The summed E-state index contributed by atoms with van der Waals surface area (Å²) >= 11 is 0. The van der Waals surface area contributed by atoms with Crippen molar-refractivity contribution >= 4 is 11.6 Å². The maximum atomic E-state index is 12.8. The molecule has 1 aromatic carbocycles. The first-order chi connectivity index (χ1) is 12.2. The number of benzene rings is 1. The van der Waals surface area contributed by atoms with Crippen LogP contribution >= 0.6 is 0 Å². The minimum absolute atomic E-state index is 0.0220. The number of nitrogens with zero attached hydrogens (tertiary/aromatic N) is 4. The minimum Gasteiger partial charge on any atom is -0.382 e. The van der Waals surface area contributed by atoms with E-state index < -0.39 is 6.10 Å². The third-order valence-corrected chi connectivity index (χ3v) is 4.97. The summed E-state index contributed by atoms with van der Waals surface area (Å²) in [6, 6.07) is 8.30. The highest BCUT2D eigenvalue weighted by molar-refractivity contribution is 6.04. The van der Waals surface area contributed by atoms with E-state index in [0.717, 1.165) is 36.5 Å². The van der Waals surface area contributed by atoms with Gasteiger partial charge in [0, 0.05) is 37.8 Å². The standard InChI is InChI=1S/C19H22N4O2/c1-3-23-12-16(13(2)20-23)17-10-18(25-21-17)19(24)22-9-8-14-6-4-5-7-15(14)11-22/h4-7,12,18H,3,8-11H2,1-2H3/t18-/m1/s1. The zero-order valence-corrected chi connectivity index (χ0v) is 14.6. The van der Waals surface area contributed by atoms with Crippen molar-refractivity contribution in [2.45, 2.75) is 45.9 Å². The number of rotatable bonds is 3. The summed E-state index contributed by atoms with van der Waals surface area (Å²) in [5.74, 6) is 0.0220. The Hall–Kier alpha value is -2.63. The largest absolute Gasteiger partial charge is 0.382 e. The van der Waals surface area contributed by atoms with Crippen LogP contribution in [-0.4, -0.2) is 38.9 Å². The van der Waals surface area contributed by atoms with Gasteiger partial charge in [0.1, 0.15) is 0 Å². The van der Waals surface area contributed by atoms with Crippen molar-refractivity contribution in [1.82, 2.24) is 14.7 Å². The van der Waals surface area contributed by atoms with Crippen LogP contribution in [0, 0.1) is 6.92 Å². The van der Waals surface area contributed by atoms with Gasteiger partial charge in [-0.3, -0.25) is 9.48 Å². The van der Waals surface area contributed by atoms with Crippen LogP contribution in [0.4, 0.5) is 0 Å². The molecule has 0 saturated carbocycles. The van der Waals surface area contributed by atoms with E-state index >= 15 is 0 Å². The lowest BCUT2D eigenvalue weighted by Gasteiger charge is -2.30. The number of hydrogen-bond donors (Lipinski definition) is 0. The van der Waals surface area contributed by atoms with Crippen molar-refractivity contribution in [3.05, 3.63) is 52.8 Å². The molecule has 0 saturated heterocycles. The number of oxime groups is 1. The molecule has 0 bridgehead atoms. The molecule has 130 valence electrons. The Bertz CT molecular complexity index is 840. The molecule has 0 fully saturated rings. The Balaban J connectivity index is 1.44. The molecule has 3 heterocycles. The van der Waals surface area contributed by atoms with Crippen LogP contribution in [0.3, 0.4) is 0 Å². The molecule has 6 nitrogen and oxygen atoms in total. The smallest absolute Gasteiger partial charge is 0.267 e. The van der Waals surface area contributed by atoms with Crippen LogP contribution in [0.2, 0.25) is 0 Å². The molecular formula is C19H22N4O2. The number of aromatic nitrogens is 2. The van der Waals surface area contributed by atoms with Gasteiger partial charge in [0.25, 0.3) is 5.91 Å². The van der Waals surface area contributed by atoms with E-state index in [4.69, 9.17) is 4.84 Å². The summed E-state index contributed by atoms with van der Waals surface area (Å²) in [7, 11) is 0. The highest BCUT2D eigenvalue weighted by Gasteiger charge is 2.34. The third-order valence-electron chi connectivity index (χ3n) is 4.97. The summed E-state index contributed by atoms with van der Waals surface area (Å²) in [6.07, 6.45) is 2.85. The molecule has 25 heavy (non-hydrogen) atoms. The van der Waals surface area contributed by atoms with Crippen molar-refractivity contribution in [1.29, 1.82) is 0 Å². The second-order valence-electron chi connectivity index (χ2n) is 6.60. The Kier molecular flexibility index (Phi) is 4.03. The van der Waals surface area contributed by atoms with Crippen LogP contribution in [0.5, 0.6) is 0 Å². The summed E-state index contributed by atoms with van der Waals surface area (Å²) in [4.78, 5) is 20.2. The molecule has 0 N–H and O–H groups in total. The van der Waals surface area contributed by atoms with Gasteiger partial charge in [-0.25, -0.2) is 0 Å². The lowest BCUT2D eigenvalue weighted by Crippen LogP contribution is -2.42. The first-order valence-corrected chi connectivity index (χ1v) is 8.78. The van der Waals surface area contributed by atoms with Crippen molar-refractivity contribution < 1.29 is 9.63 Å². The molecule has 4 rings (SSSR count). The second-order valence-corrected chi connectivity index (χ2v) is 6.60. The predicted molar refractivity (Wildman–Crippen MR) is 94.2 cm³/mol. The van der Waals surface area contributed by atoms with Crippen molar-refractivity contribution in [3.63, 3.8) is 0 Å². The molecule has 6 heteroatoms. The molecule has 2 aromatic rings. The fourth-order valence-electron chi connectivity index (χ4n) is 3.52. The molecular weight excluding hydrogens is 316 g/mol. The van der Waals surface area contributed by atoms with Gasteiger partial charge in [-0.15, -0.1) is 0 Å². The molecule has 2 aliphatic heterocycles. The topological polar surface area (TPSA) is 59.7 Å². The monoisotopic (exact) mass is 338 g/mol. The highest BCUT2D eigenvalue weighted by atomic mass is 16.6. The zero-order chi connectivity index (χ0) is 17.4. The number of aryl methyl sites for hydroxylation is 2. The van der Waals surface area contributed by atoms with Crippen LogP contribution in [0.15, 0.2) is 35.6 Å². The highest BCUT2D eigenvalue weighted by Crippen LogP contribution is 2.24. The molecule has 2 aliphatic rings. The molecule has 1 aromatic heterocycles. The first kappa shape index (κ1) is 15.9. The fourth-order valence-corrected chi connectivity index (χ4v) is 3.52. The molecule has 0 unspecified atom stereocenters. The Morgan fingerprint density at radius 3 is 2.88 bits per heavy atom. The number of carbonyl (C=O) groups excluding carboxylic acids is 1. The fraction of sp³-hybridized carbons (Fsp3) is 0.421. The van der Waals surface area contributed by atoms with Gasteiger partial charge in [0.05, 0.1) is 11.4 Å². The lowest BCUT2D eigenvalue weighted by molar-refractivity contribution is -0.143. The molecule has 0 radical (unpaired) electrons. The molecule has 0 spiro atoms. The van der Waals surface area contributed by atoms with E-state index in [-0.39, 0.29) is 5.91 Å². The van der Waals surface area contributed by atoms with Crippen molar-refractivity contribution in [2.75, 3.05) is 6.54 Å². The van der Waals surface area contributed by atoms with Gasteiger partial charge in [0.15, 0.2) is 0 Å². The average Bonchev–Trinajstić information content (AvgIpc) is 3.27. The third kappa shape index (κ3) is 2.92. The van der Waals surface area contributed by atoms with Gasteiger partial charge >= 0.3 is 0 Å². The van der Waals surface area contributed by atoms with Crippen molar-refractivity contribution in [3.8, 4) is 0 Å². The van der Waals surface area contributed by atoms with E-state index in [2.05, 4.69) is 28.5 Å². The number of fused-ring (bicyclic) bond motifs is 1. The number of amides is 1. The van der Waals surface area contributed by atoms with E-state index in [9.17, 15) is 4.79 Å². The van der Waals surface area contributed by atoms with Crippen LogP contribution in [0.25, 0.3) is 0 Å². The molecule has 0 aliphatic carbocycles. The van der Waals surface area contributed by atoms with E-state index in [0.29, 0.717) is 13.0 Å². The summed E-state index contributed by atoms with van der Waals surface area (Å²) in [5, 5.41) is 8.62. The summed E-state index contributed by atoms with van der Waals surface area (Å²) in [6.45, 7) is 6.20. The summed E-state index contributed by atoms with van der Waals surface area (Å²) in [5.41, 5.74) is 5.26. The molecule has 1 amide bonds. The maximum absolute atomic E-state index is 12.8. The second kappa shape index (κ2) is 6.35. The quantitative estimate of drug-likeness (QED) is 0.863. The van der Waals surface area contributed by atoms with Crippen molar-refractivity contribution in [2.24, 2.45) is 5.16 Å². The molecule has 1 atom stereocenters. The van der Waals surface area contributed by atoms with Gasteiger partial charge in [-0.05, 0) is 31.4 Å². The maximum Gasteiger partial charge on any atom is 0.267 e. The Morgan fingerprint density at radius 1 is 1.32 bits per heavy atom. The van der Waals surface area contributed by atoms with Crippen LogP contribution in [-0.2, 0) is 29.1 Å². The lowest BCUT2D eigenvalue weighted by atomic mass is 9.99. The van der Waals surface area contributed by atoms with Crippen LogP contribution in [0.1, 0.15) is 35.7 Å². The number of hydrogen-bond acceptors (Lipinski definition) is 4. The average molecular weight is 338 g/mol. The van der Waals surface area contributed by atoms with Crippen LogP contribution < -0.4 is 0 Å². The first-order valence-electron chi connectivity index (χ1n) is 8.78. The van der Waals surface area contributed by atoms with E-state index in [1.165, 1.54) is 11.1 Å². The normalized spacial score (nSPS) is 19.4. The SMILES string of the molecule is CCn1cc(C2=NO[C@@H](C(=O)N3CCc4ccccc4C3)C2)c(C)n1. The van der Waals surface area contributed by atoms with Gasteiger partial charge in [-0.2, -0.15) is 5.10 Å². The van der Waals surface area contributed by atoms with Gasteiger partial charge < -0.3 is 9.74 Å².